The highest BCUT2D eigenvalue weighted by Gasteiger charge is 2.15. The lowest BCUT2D eigenvalue weighted by atomic mass is 10.1. The number of hydrogen-bond acceptors (Lipinski definition) is 2. The molecular weight excluding hydrogens is 336 g/mol. The zero-order chi connectivity index (χ0) is 19.4. The van der Waals surface area contributed by atoms with Crippen molar-refractivity contribution < 1.29 is 0 Å². The van der Waals surface area contributed by atoms with Crippen LogP contribution < -0.4 is 5.32 Å². The number of rotatable bonds is 6. The summed E-state index contributed by atoms with van der Waals surface area (Å²) >= 11 is 0. The number of aromatic nitrogens is 3. The summed E-state index contributed by atoms with van der Waals surface area (Å²) in [7, 11) is 5.87. The smallest absolute Gasteiger partial charge is 0.193 e. The van der Waals surface area contributed by atoms with E-state index in [9.17, 15) is 0 Å². The molecule has 3 rings (SSSR count). The Morgan fingerprint density at radius 3 is 2.81 bits per heavy atom. The minimum absolute atomic E-state index is 0.409. The van der Waals surface area contributed by atoms with E-state index < -0.39 is 0 Å². The average molecular weight is 367 g/mol. The van der Waals surface area contributed by atoms with Crippen LogP contribution in [0.15, 0.2) is 41.7 Å². The van der Waals surface area contributed by atoms with Gasteiger partial charge in [0.25, 0.3) is 0 Å². The Labute approximate surface area is 161 Å². The molecule has 0 atom stereocenters. The molecule has 2 aromatic heterocycles. The molecule has 144 valence electrons. The van der Waals surface area contributed by atoms with Gasteiger partial charge in [-0.3, -0.25) is 9.67 Å². The number of H-pyrrole nitrogens is 1. The number of benzene rings is 1. The predicted octanol–water partition coefficient (Wildman–Crippen LogP) is 3.27. The van der Waals surface area contributed by atoms with Crippen LogP contribution in [-0.4, -0.2) is 46.3 Å². The van der Waals surface area contributed by atoms with E-state index in [0.717, 1.165) is 31.2 Å². The van der Waals surface area contributed by atoms with Gasteiger partial charge in [-0.25, -0.2) is 0 Å². The first-order valence-electron chi connectivity index (χ1n) is 9.48. The Balaban J connectivity index is 1.60. The van der Waals surface area contributed by atoms with E-state index in [1.54, 1.807) is 0 Å². The topological polar surface area (TPSA) is 61.2 Å². The molecule has 0 fully saturated rings. The van der Waals surface area contributed by atoms with Gasteiger partial charge in [0.1, 0.15) is 0 Å². The quantitative estimate of drug-likeness (QED) is 0.520. The minimum Gasteiger partial charge on any atom is -0.361 e. The maximum atomic E-state index is 4.60. The van der Waals surface area contributed by atoms with Gasteiger partial charge in [0, 0.05) is 63.1 Å². The highest BCUT2D eigenvalue weighted by Crippen LogP contribution is 2.19. The predicted molar refractivity (Wildman–Crippen MR) is 112 cm³/mol. The molecule has 0 bridgehead atoms. The van der Waals surface area contributed by atoms with Crippen molar-refractivity contribution >= 4 is 16.9 Å². The molecule has 1 aromatic carbocycles. The molecule has 0 radical (unpaired) electrons. The average Bonchev–Trinajstić information content (AvgIpc) is 3.22. The van der Waals surface area contributed by atoms with Gasteiger partial charge < -0.3 is 15.2 Å². The number of hydrogen-bond donors (Lipinski definition) is 2. The van der Waals surface area contributed by atoms with Crippen LogP contribution in [-0.2, 0) is 20.0 Å². The normalized spacial score (nSPS) is 12.1. The molecule has 6 heteroatoms. The fourth-order valence-electron chi connectivity index (χ4n) is 3.53. The van der Waals surface area contributed by atoms with Crippen LogP contribution in [0.4, 0.5) is 0 Å². The maximum Gasteiger partial charge on any atom is 0.193 e. The van der Waals surface area contributed by atoms with Crippen LogP contribution in [0.25, 0.3) is 10.9 Å². The molecule has 0 aliphatic carbocycles. The molecule has 27 heavy (non-hydrogen) atoms. The molecule has 0 spiro atoms. The zero-order valence-corrected chi connectivity index (χ0v) is 17.0. The van der Waals surface area contributed by atoms with E-state index in [1.807, 2.05) is 18.8 Å². The lowest BCUT2D eigenvalue weighted by Crippen LogP contribution is -2.39. The number of fused-ring (bicyclic) bond motifs is 1. The van der Waals surface area contributed by atoms with Crippen molar-refractivity contribution in [1.82, 2.24) is 25.0 Å². The van der Waals surface area contributed by atoms with E-state index in [1.165, 1.54) is 22.0 Å². The van der Waals surface area contributed by atoms with Gasteiger partial charge >= 0.3 is 0 Å². The molecule has 0 aliphatic heterocycles. The van der Waals surface area contributed by atoms with Gasteiger partial charge in [0.2, 0.25) is 0 Å². The van der Waals surface area contributed by atoms with Crippen molar-refractivity contribution in [3.63, 3.8) is 0 Å². The van der Waals surface area contributed by atoms with Gasteiger partial charge in [-0.2, -0.15) is 5.10 Å². The van der Waals surface area contributed by atoms with Crippen molar-refractivity contribution in [1.29, 1.82) is 0 Å². The Morgan fingerprint density at radius 2 is 2.07 bits per heavy atom. The standard InChI is InChI=1S/C21H30N6/c1-15(2)20-17(14-27(5)25-20)13-26(4)21(22-3)23-11-10-16-12-24-19-9-7-6-8-18(16)19/h6-9,12,14-15,24H,10-11,13H2,1-5H3,(H,22,23). The summed E-state index contributed by atoms with van der Waals surface area (Å²) in [4.78, 5) is 9.93. The zero-order valence-electron chi connectivity index (χ0n) is 17.0. The fraction of sp³-hybridized carbons (Fsp3) is 0.429. The summed E-state index contributed by atoms with van der Waals surface area (Å²) in [5, 5.41) is 9.37. The minimum atomic E-state index is 0.409. The maximum absolute atomic E-state index is 4.60. The van der Waals surface area contributed by atoms with Crippen LogP contribution in [0.2, 0.25) is 0 Å². The van der Waals surface area contributed by atoms with Gasteiger partial charge in [0.05, 0.1) is 5.69 Å². The van der Waals surface area contributed by atoms with E-state index in [4.69, 9.17) is 0 Å². The van der Waals surface area contributed by atoms with E-state index >= 15 is 0 Å². The molecule has 6 nitrogen and oxygen atoms in total. The Morgan fingerprint density at radius 1 is 1.30 bits per heavy atom. The van der Waals surface area contributed by atoms with Crippen molar-refractivity contribution in [2.45, 2.75) is 32.7 Å². The summed E-state index contributed by atoms with van der Waals surface area (Å²) in [6, 6.07) is 8.42. The van der Waals surface area contributed by atoms with E-state index in [2.05, 4.69) is 82.8 Å². The fourth-order valence-corrected chi connectivity index (χ4v) is 3.53. The second-order valence-electron chi connectivity index (χ2n) is 7.31. The lowest BCUT2D eigenvalue weighted by Gasteiger charge is -2.22. The second kappa shape index (κ2) is 8.29. The first kappa shape index (κ1) is 19.0. The van der Waals surface area contributed by atoms with Crippen LogP contribution in [0, 0.1) is 0 Å². The van der Waals surface area contributed by atoms with Gasteiger partial charge in [-0.1, -0.05) is 32.0 Å². The molecule has 0 saturated heterocycles. The van der Waals surface area contributed by atoms with Crippen molar-refractivity contribution in [2.75, 3.05) is 20.6 Å². The second-order valence-corrected chi connectivity index (χ2v) is 7.31. The first-order chi connectivity index (χ1) is 13.0. The summed E-state index contributed by atoms with van der Waals surface area (Å²) in [6.07, 6.45) is 5.15. The van der Waals surface area contributed by atoms with Gasteiger partial charge in [0.15, 0.2) is 5.96 Å². The van der Waals surface area contributed by atoms with Crippen LogP contribution in [0.5, 0.6) is 0 Å². The summed E-state index contributed by atoms with van der Waals surface area (Å²) in [5.74, 6) is 1.31. The first-order valence-corrected chi connectivity index (χ1v) is 9.48. The van der Waals surface area contributed by atoms with Crippen LogP contribution in [0.1, 0.15) is 36.6 Å². The largest absolute Gasteiger partial charge is 0.361 e. The lowest BCUT2D eigenvalue weighted by molar-refractivity contribution is 0.474. The van der Waals surface area contributed by atoms with Crippen LogP contribution >= 0.6 is 0 Å². The third-order valence-electron chi connectivity index (χ3n) is 4.82. The Hall–Kier alpha value is -2.76. The molecule has 0 saturated carbocycles. The monoisotopic (exact) mass is 366 g/mol. The summed E-state index contributed by atoms with van der Waals surface area (Å²) < 4.78 is 1.89. The molecule has 0 aliphatic rings. The van der Waals surface area contributed by atoms with E-state index in [0.29, 0.717) is 5.92 Å². The molecular formula is C21H30N6. The van der Waals surface area contributed by atoms with Gasteiger partial charge in [-0.05, 0) is 24.0 Å². The van der Waals surface area contributed by atoms with Crippen molar-refractivity contribution in [2.24, 2.45) is 12.0 Å². The Kier molecular flexibility index (Phi) is 5.84. The molecule has 0 unspecified atom stereocenters. The number of nitrogens with zero attached hydrogens (tertiary/aromatic N) is 4. The third-order valence-corrected chi connectivity index (χ3v) is 4.82. The summed E-state index contributed by atoms with van der Waals surface area (Å²) in [6.45, 7) is 5.98. The molecule has 2 N–H and O–H groups in total. The highest BCUT2D eigenvalue weighted by atomic mass is 15.3. The molecule has 0 amide bonds. The number of aliphatic imine (C=N–C) groups is 1. The number of nitrogens with one attached hydrogen (secondary N) is 2. The van der Waals surface area contributed by atoms with Crippen molar-refractivity contribution in [3.05, 3.63) is 53.5 Å². The molecule has 2 heterocycles. The summed E-state index contributed by atoms with van der Waals surface area (Å²) in [5.41, 5.74) is 4.91. The Bertz CT molecular complexity index is 918. The number of aryl methyl sites for hydroxylation is 1. The molecule has 3 aromatic rings. The number of guanidine groups is 1. The SMILES string of the molecule is CN=C(NCCc1c[nH]c2ccccc12)N(C)Cc1cn(C)nc1C(C)C. The highest BCUT2D eigenvalue weighted by molar-refractivity contribution is 5.83. The van der Waals surface area contributed by atoms with Gasteiger partial charge in [-0.15, -0.1) is 0 Å². The van der Waals surface area contributed by atoms with Crippen LogP contribution in [0.3, 0.4) is 0 Å². The number of aromatic amines is 1. The van der Waals surface area contributed by atoms with Crippen molar-refractivity contribution in [3.8, 4) is 0 Å². The third kappa shape index (κ3) is 4.32. The number of para-hydroxylation sites is 1. The van der Waals surface area contributed by atoms with E-state index in [-0.39, 0.29) is 0 Å².